The first-order chi connectivity index (χ1) is 15.4. The molecule has 1 heterocycles. The zero-order valence-electron chi connectivity index (χ0n) is 17.1. The minimum absolute atomic E-state index is 0.267. The molecule has 2 atom stereocenters. The van der Waals surface area contributed by atoms with Gasteiger partial charge in [-0.25, -0.2) is 4.39 Å². The zero-order valence-corrected chi connectivity index (χ0v) is 18.7. The lowest BCUT2D eigenvalue weighted by atomic mass is 9.99. The lowest BCUT2D eigenvalue weighted by molar-refractivity contribution is -0.596. The van der Waals surface area contributed by atoms with Gasteiger partial charge in [0.05, 0.1) is 7.11 Å². The third-order valence-electron chi connectivity index (χ3n) is 5.15. The van der Waals surface area contributed by atoms with Crippen LogP contribution in [0.15, 0.2) is 77.3 Å². The van der Waals surface area contributed by atoms with Crippen molar-refractivity contribution in [1.29, 1.82) is 0 Å². The number of benzene rings is 3. The van der Waals surface area contributed by atoms with Gasteiger partial charge in [-0.05, 0) is 72.8 Å². The van der Waals surface area contributed by atoms with E-state index in [1.165, 1.54) is 24.3 Å². The van der Waals surface area contributed by atoms with Crippen molar-refractivity contribution < 1.29 is 23.4 Å². The van der Waals surface area contributed by atoms with Crippen LogP contribution in [0.1, 0.15) is 27.5 Å². The molecule has 0 spiro atoms. The summed E-state index contributed by atoms with van der Waals surface area (Å²) in [7, 11) is 1.58. The quantitative estimate of drug-likeness (QED) is 0.530. The lowest BCUT2D eigenvalue weighted by Crippen LogP contribution is -2.42. The van der Waals surface area contributed by atoms with E-state index in [4.69, 9.17) is 4.74 Å². The Kier molecular flexibility index (Phi) is 6.32. The van der Waals surface area contributed by atoms with E-state index < -0.39 is 23.8 Å². The minimum atomic E-state index is -0.868. The first-order valence-corrected chi connectivity index (χ1v) is 10.6. The van der Waals surface area contributed by atoms with Crippen LogP contribution in [-0.2, 0) is 4.79 Å². The number of amides is 2. The van der Waals surface area contributed by atoms with E-state index in [-0.39, 0.29) is 11.5 Å². The van der Waals surface area contributed by atoms with Gasteiger partial charge in [-0.15, -0.1) is 10.1 Å². The Morgan fingerprint density at radius 2 is 1.72 bits per heavy atom. The lowest BCUT2D eigenvalue weighted by Gasteiger charge is -2.15. The van der Waals surface area contributed by atoms with E-state index in [9.17, 15) is 14.0 Å². The number of hydrogen-bond donors (Lipinski definition) is 2. The fourth-order valence-corrected chi connectivity index (χ4v) is 3.78. The normalized spacial score (nSPS) is 19.0. The fraction of sp³-hybridized carbons (Fsp3) is 0.125. The maximum atomic E-state index is 13.2. The summed E-state index contributed by atoms with van der Waals surface area (Å²) in [6, 6.07) is 18.7. The Labute approximate surface area is 192 Å². The highest BCUT2D eigenvalue weighted by Gasteiger charge is 2.47. The summed E-state index contributed by atoms with van der Waals surface area (Å²) in [6.45, 7) is 0. The van der Waals surface area contributed by atoms with Crippen LogP contribution in [0.3, 0.4) is 0 Å². The molecule has 0 aliphatic carbocycles. The first-order valence-electron chi connectivity index (χ1n) is 9.84. The number of carbonyl (C=O) groups excluding carboxylic acids is 2. The van der Waals surface area contributed by atoms with Gasteiger partial charge < -0.3 is 10.1 Å². The largest absolute Gasteiger partial charge is 0.497 e. The summed E-state index contributed by atoms with van der Waals surface area (Å²) in [5.41, 5.74) is 4.78. The molecule has 32 heavy (non-hydrogen) atoms. The van der Waals surface area contributed by atoms with Crippen molar-refractivity contribution in [3.8, 4) is 5.75 Å². The Hall–Kier alpha value is -3.52. The summed E-state index contributed by atoms with van der Waals surface area (Å²) in [4.78, 5) is 25.6. The topological polar surface area (TPSA) is 70.4 Å². The highest BCUT2D eigenvalue weighted by atomic mass is 79.9. The number of carbonyl (C=O) groups is 2. The molecule has 3 aromatic carbocycles. The third-order valence-corrected chi connectivity index (χ3v) is 5.67. The van der Waals surface area contributed by atoms with Gasteiger partial charge in [-0.2, -0.15) is 0 Å². The van der Waals surface area contributed by atoms with E-state index in [0.717, 1.165) is 15.6 Å². The highest BCUT2D eigenvalue weighted by molar-refractivity contribution is 9.10. The molecule has 0 saturated carbocycles. The van der Waals surface area contributed by atoms with Crippen molar-refractivity contribution in [2.45, 2.75) is 12.1 Å². The number of nitrogens with zero attached hydrogens (tertiary/aromatic N) is 1. The summed E-state index contributed by atoms with van der Waals surface area (Å²) in [6.07, 6.45) is 1.81. The molecule has 8 heteroatoms. The van der Waals surface area contributed by atoms with Crippen molar-refractivity contribution in [3.05, 3.63) is 99.8 Å². The molecule has 1 saturated heterocycles. The van der Waals surface area contributed by atoms with Crippen LogP contribution in [0.4, 0.5) is 4.39 Å². The molecule has 162 valence electrons. The summed E-state index contributed by atoms with van der Waals surface area (Å²) in [5.74, 6) is -0.572. The summed E-state index contributed by atoms with van der Waals surface area (Å²) < 4.78 is 21.1. The summed E-state index contributed by atoms with van der Waals surface area (Å²) >= 11 is 3.41. The van der Waals surface area contributed by atoms with Crippen molar-refractivity contribution in [3.63, 3.8) is 0 Å². The first kappa shape index (κ1) is 21.7. The average Bonchev–Trinajstić information content (AvgIpc) is 3.10. The van der Waals surface area contributed by atoms with Crippen LogP contribution in [0, 0.1) is 5.82 Å². The second-order valence-electron chi connectivity index (χ2n) is 7.24. The van der Waals surface area contributed by atoms with E-state index in [2.05, 4.69) is 26.7 Å². The van der Waals surface area contributed by atoms with Crippen LogP contribution in [0.2, 0.25) is 0 Å². The molecular formula is C24H20BrFN3O3+. The molecule has 3 aromatic rings. The van der Waals surface area contributed by atoms with E-state index in [0.29, 0.717) is 5.75 Å². The number of methoxy groups -OCH3 is 1. The molecule has 4 rings (SSSR count). The predicted octanol–water partition coefficient (Wildman–Crippen LogP) is 3.61. The van der Waals surface area contributed by atoms with Gasteiger partial charge in [-0.3, -0.25) is 9.59 Å². The Bertz CT molecular complexity index is 1160. The molecule has 1 fully saturated rings. The highest BCUT2D eigenvalue weighted by Crippen LogP contribution is 2.27. The maximum absolute atomic E-state index is 13.2. The standard InChI is InChI=1S/C24H19BrFN3O3/c1-32-20-12-6-16(7-13-20)22-21(27-23(30)17-4-10-19(26)11-5-17)24(31)28-29(22)14-15-2-8-18(25)9-3-15/h2-14,21-22H,1H3,(H-,27,28,30,31)/p+1/b29-14-/t21-,22-/m0/s1. The minimum Gasteiger partial charge on any atom is -0.497 e. The average molecular weight is 497 g/mol. The number of ether oxygens (including phenoxy) is 1. The monoisotopic (exact) mass is 496 g/mol. The van der Waals surface area contributed by atoms with Gasteiger partial charge in [0.1, 0.15) is 11.6 Å². The van der Waals surface area contributed by atoms with Crippen LogP contribution in [0.25, 0.3) is 0 Å². The number of rotatable bonds is 5. The van der Waals surface area contributed by atoms with Gasteiger partial charge in [0.25, 0.3) is 5.91 Å². The molecule has 0 unspecified atom stereocenters. The SMILES string of the molecule is COc1ccc([C@H]2[C@H](NC(=O)c3ccc(F)cc3)C(=O)N/[N+]2=C\c2ccc(Br)cc2)cc1. The van der Waals surface area contributed by atoms with Crippen LogP contribution >= 0.6 is 15.9 Å². The van der Waals surface area contributed by atoms with Gasteiger partial charge in [0.15, 0.2) is 6.04 Å². The number of nitrogens with one attached hydrogen (secondary N) is 2. The van der Waals surface area contributed by atoms with Crippen LogP contribution in [-0.4, -0.2) is 35.9 Å². The molecule has 0 aromatic heterocycles. The number of hydrazone groups is 1. The molecule has 1 aliphatic heterocycles. The second kappa shape index (κ2) is 9.32. The molecule has 2 amide bonds. The molecule has 0 radical (unpaired) electrons. The van der Waals surface area contributed by atoms with Gasteiger partial charge >= 0.3 is 5.91 Å². The maximum Gasteiger partial charge on any atom is 0.304 e. The number of hydrazine groups is 1. The summed E-state index contributed by atoms with van der Waals surface area (Å²) in [5, 5.41) is 2.79. The Balaban J connectivity index is 1.69. The zero-order chi connectivity index (χ0) is 22.7. The van der Waals surface area contributed by atoms with E-state index >= 15 is 0 Å². The van der Waals surface area contributed by atoms with Crippen LogP contribution in [0.5, 0.6) is 5.75 Å². The Morgan fingerprint density at radius 1 is 1.06 bits per heavy atom. The van der Waals surface area contributed by atoms with Crippen LogP contribution < -0.4 is 15.5 Å². The van der Waals surface area contributed by atoms with Crippen molar-refractivity contribution in [2.75, 3.05) is 7.11 Å². The Morgan fingerprint density at radius 3 is 2.34 bits per heavy atom. The van der Waals surface area contributed by atoms with E-state index in [1.54, 1.807) is 23.9 Å². The molecule has 1 aliphatic rings. The van der Waals surface area contributed by atoms with Gasteiger partial charge in [0.2, 0.25) is 12.3 Å². The molecule has 6 nitrogen and oxygen atoms in total. The third kappa shape index (κ3) is 4.70. The second-order valence-corrected chi connectivity index (χ2v) is 8.16. The molecular weight excluding hydrogens is 477 g/mol. The predicted molar refractivity (Wildman–Crippen MR) is 121 cm³/mol. The van der Waals surface area contributed by atoms with Gasteiger partial charge in [0, 0.05) is 21.2 Å². The van der Waals surface area contributed by atoms with Crippen molar-refractivity contribution >= 4 is 34.0 Å². The molecule has 2 N–H and O–H groups in total. The molecule has 0 bridgehead atoms. The number of halogens is 2. The van der Waals surface area contributed by atoms with Gasteiger partial charge in [-0.1, -0.05) is 15.9 Å². The smallest absolute Gasteiger partial charge is 0.304 e. The van der Waals surface area contributed by atoms with Crippen molar-refractivity contribution in [1.82, 2.24) is 10.7 Å². The van der Waals surface area contributed by atoms with E-state index in [1.807, 2.05) is 42.6 Å². The van der Waals surface area contributed by atoms with Crippen molar-refractivity contribution in [2.24, 2.45) is 0 Å². The number of hydrogen-bond acceptors (Lipinski definition) is 3. The fourth-order valence-electron chi connectivity index (χ4n) is 3.52.